The number of aromatic nitrogens is 1. The van der Waals surface area contributed by atoms with Gasteiger partial charge in [0.25, 0.3) is 0 Å². The third kappa shape index (κ3) is 5.39. The number of nitrogens with zero attached hydrogens (tertiary/aromatic N) is 3. The van der Waals surface area contributed by atoms with Crippen LogP contribution in [0.25, 0.3) is 0 Å². The van der Waals surface area contributed by atoms with Crippen molar-refractivity contribution >= 4 is 11.3 Å². The number of hydrogen-bond acceptors (Lipinski definition) is 7. The van der Waals surface area contributed by atoms with Crippen LogP contribution >= 0.6 is 11.3 Å². The summed E-state index contributed by atoms with van der Waals surface area (Å²) in [5.41, 5.74) is 0.925. The van der Waals surface area contributed by atoms with Gasteiger partial charge in [-0.2, -0.15) is 0 Å². The van der Waals surface area contributed by atoms with Crippen LogP contribution in [0.15, 0.2) is 28.1 Å². The first-order valence-electron chi connectivity index (χ1n) is 8.34. The summed E-state index contributed by atoms with van der Waals surface area (Å²) < 4.78 is 10.9. The van der Waals surface area contributed by atoms with Crippen LogP contribution in [0, 0.1) is 6.92 Å². The maximum absolute atomic E-state index is 10.1. The van der Waals surface area contributed by atoms with Gasteiger partial charge in [0.15, 0.2) is 5.76 Å². The van der Waals surface area contributed by atoms with Crippen LogP contribution in [0.5, 0.6) is 0 Å². The molecular formula is C17H25N3O3S. The van der Waals surface area contributed by atoms with Crippen LogP contribution in [0.4, 0.5) is 0 Å². The van der Waals surface area contributed by atoms with E-state index in [-0.39, 0.29) is 0 Å². The van der Waals surface area contributed by atoms with Gasteiger partial charge in [0.2, 0.25) is 0 Å². The molecule has 1 N–H and O–H groups in total. The van der Waals surface area contributed by atoms with Crippen molar-refractivity contribution in [2.75, 3.05) is 39.3 Å². The molecule has 1 fully saturated rings. The molecule has 0 amide bonds. The molecule has 1 aliphatic rings. The summed E-state index contributed by atoms with van der Waals surface area (Å²) in [6.45, 7) is 8.23. The van der Waals surface area contributed by atoms with Crippen molar-refractivity contribution < 1.29 is 14.4 Å². The highest BCUT2D eigenvalue weighted by Gasteiger charge is 2.20. The Bertz CT molecular complexity index is 594. The zero-order chi connectivity index (χ0) is 16.8. The number of aliphatic hydroxyl groups is 1. The molecule has 2 aromatic rings. The lowest BCUT2D eigenvalue weighted by atomic mass is 10.2. The molecule has 0 bridgehead atoms. The molecule has 1 saturated heterocycles. The van der Waals surface area contributed by atoms with Gasteiger partial charge in [-0.05, 0) is 18.4 Å². The maximum Gasteiger partial charge on any atom is 0.150 e. The van der Waals surface area contributed by atoms with E-state index in [1.54, 1.807) is 11.3 Å². The molecule has 3 rings (SSSR count). The van der Waals surface area contributed by atoms with E-state index in [4.69, 9.17) is 9.26 Å². The van der Waals surface area contributed by atoms with Crippen LogP contribution in [0.1, 0.15) is 16.3 Å². The molecule has 0 radical (unpaired) electrons. The van der Waals surface area contributed by atoms with Crippen molar-refractivity contribution in [3.63, 3.8) is 0 Å². The Kier molecular flexibility index (Phi) is 6.39. The highest BCUT2D eigenvalue weighted by molar-refractivity contribution is 7.09. The molecule has 1 atom stereocenters. The molecule has 3 heterocycles. The Balaban J connectivity index is 1.31. The molecular weight excluding hydrogens is 326 g/mol. The standard InChI is InChI=1S/C17H25N3O3S/c1-14-9-16(23-18-14)11-20-6-4-19(5-7-20)10-15(21)12-22-13-17-3-2-8-24-17/h2-3,8-9,15,21H,4-7,10-13H2,1H3. The number of aryl methyl sites for hydroxylation is 1. The predicted octanol–water partition coefficient (Wildman–Crippen LogP) is 1.74. The fourth-order valence-corrected chi connectivity index (χ4v) is 3.52. The Hall–Kier alpha value is -1.25. The van der Waals surface area contributed by atoms with Crippen LogP contribution in [-0.4, -0.2) is 65.5 Å². The number of thiophene rings is 1. The Morgan fingerprint density at radius 2 is 2.12 bits per heavy atom. The Labute approximate surface area is 146 Å². The first-order valence-corrected chi connectivity index (χ1v) is 9.22. The summed E-state index contributed by atoms with van der Waals surface area (Å²) in [5.74, 6) is 0.919. The summed E-state index contributed by atoms with van der Waals surface area (Å²) in [6.07, 6.45) is -0.437. The molecule has 7 heteroatoms. The smallest absolute Gasteiger partial charge is 0.150 e. The summed E-state index contributed by atoms with van der Waals surface area (Å²) in [6, 6.07) is 6.05. The van der Waals surface area contributed by atoms with E-state index in [2.05, 4.69) is 15.0 Å². The third-order valence-electron chi connectivity index (χ3n) is 4.12. The normalized spacial score (nSPS) is 18.1. The Morgan fingerprint density at radius 3 is 2.79 bits per heavy atom. The monoisotopic (exact) mass is 351 g/mol. The topological polar surface area (TPSA) is 62.0 Å². The second-order valence-electron chi connectivity index (χ2n) is 6.26. The highest BCUT2D eigenvalue weighted by Crippen LogP contribution is 2.11. The minimum Gasteiger partial charge on any atom is -0.389 e. The number of hydrogen-bond donors (Lipinski definition) is 1. The van der Waals surface area contributed by atoms with Gasteiger partial charge >= 0.3 is 0 Å². The SMILES string of the molecule is Cc1cc(CN2CCN(CC(O)COCc3cccs3)CC2)on1. The first kappa shape index (κ1) is 17.6. The fourth-order valence-electron chi connectivity index (χ4n) is 2.88. The van der Waals surface area contributed by atoms with Crippen molar-refractivity contribution in [2.45, 2.75) is 26.2 Å². The number of ether oxygens (including phenoxy) is 1. The molecule has 24 heavy (non-hydrogen) atoms. The van der Waals surface area contributed by atoms with Crippen molar-refractivity contribution in [1.82, 2.24) is 15.0 Å². The number of aliphatic hydroxyl groups excluding tert-OH is 1. The van der Waals surface area contributed by atoms with Crippen molar-refractivity contribution in [3.05, 3.63) is 39.9 Å². The van der Waals surface area contributed by atoms with Gasteiger partial charge in [-0.25, -0.2) is 0 Å². The summed E-state index contributed by atoms with van der Waals surface area (Å²) in [7, 11) is 0. The van der Waals surface area contributed by atoms with Gasteiger partial charge in [0.05, 0.1) is 31.6 Å². The molecule has 1 unspecified atom stereocenters. The second-order valence-corrected chi connectivity index (χ2v) is 7.29. The minimum atomic E-state index is -0.437. The largest absolute Gasteiger partial charge is 0.389 e. The van der Waals surface area contributed by atoms with Crippen molar-refractivity contribution in [3.8, 4) is 0 Å². The van der Waals surface area contributed by atoms with Gasteiger partial charge in [-0.3, -0.25) is 9.80 Å². The van der Waals surface area contributed by atoms with Crippen LogP contribution < -0.4 is 0 Å². The summed E-state index contributed by atoms with van der Waals surface area (Å²) in [4.78, 5) is 5.84. The van der Waals surface area contributed by atoms with Crippen LogP contribution in [-0.2, 0) is 17.9 Å². The second kappa shape index (κ2) is 8.73. The van der Waals surface area contributed by atoms with Crippen molar-refractivity contribution in [1.29, 1.82) is 0 Å². The molecule has 0 spiro atoms. The molecule has 6 nitrogen and oxygen atoms in total. The third-order valence-corrected chi connectivity index (χ3v) is 4.97. The molecule has 132 valence electrons. The molecule has 1 aliphatic heterocycles. The lowest BCUT2D eigenvalue weighted by Gasteiger charge is -2.35. The molecule has 2 aromatic heterocycles. The number of piperazine rings is 1. The van der Waals surface area contributed by atoms with E-state index in [0.717, 1.165) is 44.2 Å². The number of rotatable bonds is 8. The first-order chi connectivity index (χ1) is 11.7. The lowest BCUT2D eigenvalue weighted by molar-refractivity contribution is 0.00102. The van der Waals surface area contributed by atoms with Gasteiger partial charge in [-0.15, -0.1) is 11.3 Å². The van der Waals surface area contributed by atoms with E-state index in [1.807, 2.05) is 30.5 Å². The fraction of sp³-hybridized carbons (Fsp3) is 0.588. The number of β-amino-alcohol motifs (C(OH)–C–C–N with tert-alkyl or cyclic N) is 1. The van der Waals surface area contributed by atoms with Crippen LogP contribution in [0.2, 0.25) is 0 Å². The minimum absolute atomic E-state index is 0.384. The molecule has 0 saturated carbocycles. The van der Waals surface area contributed by atoms with E-state index >= 15 is 0 Å². The molecule has 0 aliphatic carbocycles. The average molecular weight is 351 g/mol. The molecule has 0 aromatic carbocycles. The predicted molar refractivity (Wildman–Crippen MR) is 92.9 cm³/mol. The van der Waals surface area contributed by atoms with Gasteiger partial charge in [-0.1, -0.05) is 11.2 Å². The Morgan fingerprint density at radius 1 is 1.33 bits per heavy atom. The quantitative estimate of drug-likeness (QED) is 0.782. The van der Waals surface area contributed by atoms with E-state index in [9.17, 15) is 5.11 Å². The zero-order valence-electron chi connectivity index (χ0n) is 14.1. The van der Waals surface area contributed by atoms with Crippen LogP contribution in [0.3, 0.4) is 0 Å². The van der Waals surface area contributed by atoms with Gasteiger partial charge < -0.3 is 14.4 Å². The van der Waals surface area contributed by atoms with Gasteiger partial charge in [0.1, 0.15) is 0 Å². The zero-order valence-corrected chi connectivity index (χ0v) is 14.9. The maximum atomic E-state index is 10.1. The van der Waals surface area contributed by atoms with E-state index in [0.29, 0.717) is 19.8 Å². The summed E-state index contributed by atoms with van der Waals surface area (Å²) >= 11 is 1.68. The highest BCUT2D eigenvalue weighted by atomic mass is 32.1. The van der Waals surface area contributed by atoms with E-state index < -0.39 is 6.10 Å². The van der Waals surface area contributed by atoms with Crippen molar-refractivity contribution in [2.24, 2.45) is 0 Å². The summed E-state index contributed by atoms with van der Waals surface area (Å²) in [5, 5.41) is 16.1. The lowest BCUT2D eigenvalue weighted by Crippen LogP contribution is -2.48. The van der Waals surface area contributed by atoms with E-state index in [1.165, 1.54) is 4.88 Å². The average Bonchev–Trinajstić information content (AvgIpc) is 3.21. The van der Waals surface area contributed by atoms with Gasteiger partial charge in [0, 0.05) is 43.7 Å².